The number of methoxy groups -OCH3 is 1. The summed E-state index contributed by atoms with van der Waals surface area (Å²) in [6.45, 7) is 1.62. The average molecular weight is 512 g/mol. The number of carbonyl (C=O) groups excluding carboxylic acids is 2. The number of rotatable bonds is 10. The smallest absolute Gasteiger partial charge is 0.330 e. The Labute approximate surface area is 210 Å². The molecule has 0 aliphatic carbocycles. The lowest BCUT2D eigenvalue weighted by Crippen LogP contribution is -2.54. The van der Waals surface area contributed by atoms with E-state index in [0.717, 1.165) is 5.56 Å². The van der Waals surface area contributed by atoms with Gasteiger partial charge in [0.05, 0.1) is 7.11 Å². The lowest BCUT2D eigenvalue weighted by atomic mass is 10.0. The number of ether oxygens (including phenoxy) is 1. The third-order valence-electron chi connectivity index (χ3n) is 5.42. The second-order valence-electron chi connectivity index (χ2n) is 8.04. The van der Waals surface area contributed by atoms with E-state index in [1.807, 2.05) is 35.1 Å². The van der Waals surface area contributed by atoms with E-state index in [4.69, 9.17) is 4.74 Å². The molecule has 3 amide bonds. The van der Waals surface area contributed by atoms with Crippen molar-refractivity contribution in [3.05, 3.63) is 90.3 Å². The number of amides is 3. The summed E-state index contributed by atoms with van der Waals surface area (Å²) < 4.78 is 34.5. The van der Waals surface area contributed by atoms with Crippen LogP contribution in [0.2, 0.25) is 0 Å². The molecule has 2 aromatic carbocycles. The topological polar surface area (TPSA) is 130 Å². The molecule has 3 N–H and O–H groups in total. The molecular weight excluding hydrogens is 482 g/mol. The normalized spacial score (nSPS) is 12.8. The van der Waals surface area contributed by atoms with Gasteiger partial charge in [0.2, 0.25) is 5.91 Å². The molecule has 11 heteroatoms. The molecule has 2 atom stereocenters. The molecule has 0 saturated carbocycles. The van der Waals surface area contributed by atoms with Gasteiger partial charge in [0.15, 0.2) is 0 Å². The summed E-state index contributed by atoms with van der Waals surface area (Å²) >= 11 is 0. The lowest BCUT2D eigenvalue weighted by Gasteiger charge is -2.25. The van der Waals surface area contributed by atoms with Gasteiger partial charge in [-0.05, 0) is 48.4 Å². The number of anilines is 1. The summed E-state index contributed by atoms with van der Waals surface area (Å²) in [5.74, 6) is 0.212. The Kier molecular flexibility index (Phi) is 8.98. The van der Waals surface area contributed by atoms with E-state index < -0.39 is 34.2 Å². The van der Waals surface area contributed by atoms with Crippen molar-refractivity contribution in [3.63, 3.8) is 0 Å². The van der Waals surface area contributed by atoms with E-state index >= 15 is 0 Å². The Hall–Kier alpha value is -3.96. The van der Waals surface area contributed by atoms with Crippen LogP contribution in [0.5, 0.6) is 5.75 Å². The Morgan fingerprint density at radius 1 is 1.03 bits per heavy atom. The first-order valence-electron chi connectivity index (χ1n) is 11.1. The summed E-state index contributed by atoms with van der Waals surface area (Å²) in [4.78, 5) is 31.4. The number of benzene rings is 2. The number of pyridine rings is 1. The molecule has 2 unspecified atom stereocenters. The van der Waals surface area contributed by atoms with E-state index in [2.05, 4.69) is 15.0 Å². The van der Waals surface area contributed by atoms with Gasteiger partial charge in [-0.15, -0.1) is 0 Å². The predicted octanol–water partition coefficient (Wildman–Crippen LogP) is 2.56. The van der Waals surface area contributed by atoms with Crippen LogP contribution in [0.4, 0.5) is 10.5 Å². The van der Waals surface area contributed by atoms with Gasteiger partial charge >= 0.3 is 16.2 Å². The molecule has 3 aromatic rings. The molecule has 36 heavy (non-hydrogen) atoms. The van der Waals surface area contributed by atoms with Crippen LogP contribution in [-0.4, -0.2) is 45.5 Å². The molecule has 10 nitrogen and oxygen atoms in total. The first-order valence-corrected chi connectivity index (χ1v) is 12.6. The highest BCUT2D eigenvalue weighted by molar-refractivity contribution is 7.88. The maximum atomic E-state index is 13.3. The van der Waals surface area contributed by atoms with Gasteiger partial charge in [0.25, 0.3) is 0 Å². The van der Waals surface area contributed by atoms with E-state index in [1.54, 1.807) is 63.7 Å². The zero-order valence-corrected chi connectivity index (χ0v) is 21.0. The highest BCUT2D eigenvalue weighted by Crippen LogP contribution is 2.19. The summed E-state index contributed by atoms with van der Waals surface area (Å²) in [5.41, 5.74) is 2.01. The van der Waals surface area contributed by atoms with Crippen LogP contribution in [0.3, 0.4) is 0 Å². The fourth-order valence-electron chi connectivity index (χ4n) is 3.49. The maximum absolute atomic E-state index is 13.3. The highest BCUT2D eigenvalue weighted by atomic mass is 32.2. The third-order valence-corrected chi connectivity index (χ3v) is 6.54. The van der Waals surface area contributed by atoms with Crippen molar-refractivity contribution in [2.75, 3.05) is 19.1 Å². The highest BCUT2D eigenvalue weighted by Gasteiger charge is 2.27. The number of nitrogens with one attached hydrogen (secondary N) is 3. The van der Waals surface area contributed by atoms with Crippen LogP contribution in [-0.2, 0) is 21.4 Å². The van der Waals surface area contributed by atoms with Crippen LogP contribution in [0, 0.1) is 0 Å². The third kappa shape index (κ3) is 7.52. The molecule has 0 saturated heterocycles. The van der Waals surface area contributed by atoms with E-state index in [0.29, 0.717) is 17.0 Å². The quantitative estimate of drug-likeness (QED) is 0.384. The second-order valence-corrected chi connectivity index (χ2v) is 9.49. The minimum Gasteiger partial charge on any atom is -0.497 e. The van der Waals surface area contributed by atoms with Gasteiger partial charge in [-0.25, -0.2) is 9.52 Å². The zero-order valence-electron chi connectivity index (χ0n) is 20.2. The first kappa shape index (κ1) is 26.6. The van der Waals surface area contributed by atoms with Crippen LogP contribution < -0.4 is 24.4 Å². The van der Waals surface area contributed by atoms with Crippen LogP contribution in [0.15, 0.2) is 79.1 Å². The van der Waals surface area contributed by atoms with Gasteiger partial charge < -0.3 is 15.0 Å². The van der Waals surface area contributed by atoms with Crippen molar-refractivity contribution in [1.82, 2.24) is 19.7 Å². The number of aromatic nitrogens is 1. The number of carbonyl (C=O) groups is 2. The maximum Gasteiger partial charge on any atom is 0.330 e. The predicted molar refractivity (Wildman–Crippen MR) is 137 cm³/mol. The van der Waals surface area contributed by atoms with Crippen LogP contribution in [0.25, 0.3) is 0 Å². The van der Waals surface area contributed by atoms with Gasteiger partial charge in [0, 0.05) is 37.6 Å². The minimum absolute atomic E-state index is 0.160. The summed E-state index contributed by atoms with van der Waals surface area (Å²) in [6.07, 6.45) is 3.26. The molecule has 190 valence electrons. The summed E-state index contributed by atoms with van der Waals surface area (Å²) in [5, 5.41) is 2.51. The SMILES string of the molecule is COc1ccc(N(C)C(=O)C(Cc2ccccc2)NC(=O)NS(=O)(=O)NC(C)c2cccnc2)cc1. The lowest BCUT2D eigenvalue weighted by molar-refractivity contribution is -0.120. The van der Waals surface area contributed by atoms with Crippen molar-refractivity contribution in [1.29, 1.82) is 0 Å². The van der Waals surface area contributed by atoms with Crippen molar-refractivity contribution in [3.8, 4) is 5.75 Å². The molecule has 0 bridgehead atoms. The van der Waals surface area contributed by atoms with E-state index in [-0.39, 0.29) is 6.42 Å². The second kappa shape index (κ2) is 12.1. The molecule has 0 fully saturated rings. The van der Waals surface area contributed by atoms with Crippen LogP contribution >= 0.6 is 0 Å². The van der Waals surface area contributed by atoms with Crippen molar-refractivity contribution < 1.29 is 22.7 Å². The summed E-state index contributed by atoms with van der Waals surface area (Å²) in [7, 11) is -1.11. The van der Waals surface area contributed by atoms with Crippen molar-refractivity contribution in [2.24, 2.45) is 0 Å². The Bertz CT molecular complexity index is 1260. The molecule has 3 rings (SSSR count). The summed E-state index contributed by atoms with van der Waals surface area (Å²) in [6, 6.07) is 16.7. The zero-order chi connectivity index (χ0) is 26.1. The number of nitrogens with zero attached hydrogens (tertiary/aromatic N) is 2. The van der Waals surface area contributed by atoms with Gasteiger partial charge in [0.1, 0.15) is 11.8 Å². The molecular formula is C25H29N5O5S. The molecule has 1 aromatic heterocycles. The van der Waals surface area contributed by atoms with Crippen molar-refractivity contribution in [2.45, 2.75) is 25.4 Å². The Morgan fingerprint density at radius 3 is 2.33 bits per heavy atom. The first-order chi connectivity index (χ1) is 17.2. The number of likely N-dealkylation sites (N-methyl/N-ethyl adjacent to an activating group) is 1. The van der Waals surface area contributed by atoms with E-state index in [9.17, 15) is 18.0 Å². The van der Waals surface area contributed by atoms with Crippen LogP contribution in [0.1, 0.15) is 24.1 Å². The van der Waals surface area contributed by atoms with E-state index in [1.165, 1.54) is 11.1 Å². The number of hydrogen-bond donors (Lipinski definition) is 3. The molecule has 1 heterocycles. The average Bonchev–Trinajstić information content (AvgIpc) is 2.88. The minimum atomic E-state index is -4.23. The fourth-order valence-corrected chi connectivity index (χ4v) is 4.45. The largest absolute Gasteiger partial charge is 0.497 e. The fraction of sp³-hybridized carbons (Fsp3) is 0.240. The molecule has 0 aliphatic rings. The number of urea groups is 1. The van der Waals surface area contributed by atoms with Gasteiger partial charge in [-0.1, -0.05) is 36.4 Å². The number of hydrogen-bond acceptors (Lipinski definition) is 6. The Balaban J connectivity index is 1.73. The van der Waals surface area contributed by atoms with Crippen molar-refractivity contribution >= 4 is 27.8 Å². The standard InChI is InChI=1S/C25H29N5O5S/c1-18(20-10-7-15-26-17-20)28-36(33,34)29-25(32)27-23(16-19-8-5-4-6-9-19)24(31)30(2)21-11-13-22(35-3)14-12-21/h4-15,17-18,23,28H,16H2,1-3H3,(H2,27,29,32). The molecule has 0 radical (unpaired) electrons. The molecule has 0 aliphatic heterocycles. The van der Waals surface area contributed by atoms with Gasteiger partial charge in [-0.3, -0.25) is 9.78 Å². The van der Waals surface area contributed by atoms with Gasteiger partial charge in [-0.2, -0.15) is 13.1 Å². The monoisotopic (exact) mass is 511 g/mol. The Morgan fingerprint density at radius 2 is 1.72 bits per heavy atom. The molecule has 0 spiro atoms.